The van der Waals surface area contributed by atoms with Crippen molar-refractivity contribution in [2.45, 2.75) is 6.92 Å². The van der Waals surface area contributed by atoms with E-state index in [2.05, 4.69) is 43.1 Å². The zero-order valence-corrected chi connectivity index (χ0v) is 17.0. The van der Waals surface area contributed by atoms with Gasteiger partial charge >= 0.3 is 0 Å². The Morgan fingerprint density at radius 1 is 1.35 bits per heavy atom. The van der Waals surface area contributed by atoms with Gasteiger partial charge in [-0.15, -0.1) is 6.42 Å². The van der Waals surface area contributed by atoms with Crippen LogP contribution in [0.5, 0.6) is 5.75 Å². The van der Waals surface area contributed by atoms with Crippen molar-refractivity contribution in [3.8, 4) is 24.2 Å². The summed E-state index contributed by atoms with van der Waals surface area (Å²) in [7, 11) is 0. The van der Waals surface area contributed by atoms with E-state index in [1.54, 1.807) is 18.2 Å². The first-order chi connectivity index (χ1) is 12.4. The molecule has 1 N–H and O–H groups in total. The van der Waals surface area contributed by atoms with Crippen LogP contribution in [0.4, 0.5) is 5.69 Å². The van der Waals surface area contributed by atoms with Gasteiger partial charge in [-0.25, -0.2) is 0 Å². The van der Waals surface area contributed by atoms with E-state index in [4.69, 9.17) is 11.2 Å². The van der Waals surface area contributed by atoms with Gasteiger partial charge < -0.3 is 10.1 Å². The van der Waals surface area contributed by atoms with Crippen LogP contribution in [-0.4, -0.2) is 12.5 Å². The van der Waals surface area contributed by atoms with Crippen molar-refractivity contribution >= 4 is 49.5 Å². The minimum Gasteiger partial charge on any atom is -0.479 e. The number of hydrogen-bond acceptors (Lipinski definition) is 3. The molecule has 0 aliphatic carbocycles. The molecular formula is C20H14Br2N2O2. The summed E-state index contributed by atoms with van der Waals surface area (Å²) < 4.78 is 6.96. The Bertz CT molecular complexity index is 953. The molecule has 130 valence electrons. The molecule has 0 unspecified atom stereocenters. The average molecular weight is 474 g/mol. The fourth-order valence-electron chi connectivity index (χ4n) is 2.18. The average Bonchev–Trinajstić information content (AvgIpc) is 2.58. The topological polar surface area (TPSA) is 62.1 Å². The molecule has 2 rings (SSSR count). The maximum absolute atomic E-state index is 12.5. The molecule has 6 heteroatoms. The number of hydrogen-bond donors (Lipinski definition) is 1. The van der Waals surface area contributed by atoms with Crippen LogP contribution in [0.3, 0.4) is 0 Å². The molecule has 0 heterocycles. The predicted molar refractivity (Wildman–Crippen MR) is 110 cm³/mol. The van der Waals surface area contributed by atoms with Crippen LogP contribution in [0.1, 0.15) is 11.1 Å². The second-order valence-corrected chi connectivity index (χ2v) is 7.06. The molecule has 2 aromatic carbocycles. The molecule has 0 atom stereocenters. The summed E-state index contributed by atoms with van der Waals surface area (Å²) in [4.78, 5) is 12.5. The van der Waals surface area contributed by atoms with Gasteiger partial charge in [0, 0.05) is 15.7 Å². The third-order valence-corrected chi connectivity index (χ3v) is 4.32. The molecule has 0 aliphatic heterocycles. The summed E-state index contributed by atoms with van der Waals surface area (Å²) >= 11 is 6.79. The Hall–Kier alpha value is -2.54. The van der Waals surface area contributed by atoms with Gasteiger partial charge in [0.2, 0.25) is 0 Å². The van der Waals surface area contributed by atoms with Gasteiger partial charge in [0.25, 0.3) is 5.91 Å². The van der Waals surface area contributed by atoms with E-state index in [0.717, 1.165) is 10.0 Å². The van der Waals surface area contributed by atoms with Crippen molar-refractivity contribution < 1.29 is 9.53 Å². The number of nitrogens with zero attached hydrogens (tertiary/aromatic N) is 1. The molecule has 26 heavy (non-hydrogen) atoms. The maximum atomic E-state index is 12.5. The lowest BCUT2D eigenvalue weighted by atomic mass is 10.1. The number of nitriles is 1. The number of aryl methyl sites for hydroxylation is 1. The van der Waals surface area contributed by atoms with Crippen LogP contribution < -0.4 is 10.1 Å². The van der Waals surface area contributed by atoms with Gasteiger partial charge in [-0.1, -0.05) is 34.0 Å². The molecule has 2 aromatic rings. The lowest BCUT2D eigenvalue weighted by Crippen LogP contribution is -2.13. The first-order valence-electron chi connectivity index (χ1n) is 7.49. The molecule has 0 aliphatic rings. The maximum Gasteiger partial charge on any atom is 0.266 e. The quantitative estimate of drug-likeness (QED) is 0.374. The van der Waals surface area contributed by atoms with Crippen LogP contribution in [0.2, 0.25) is 0 Å². The van der Waals surface area contributed by atoms with E-state index in [-0.39, 0.29) is 12.2 Å². The summed E-state index contributed by atoms with van der Waals surface area (Å²) in [6.07, 6.45) is 6.71. The highest BCUT2D eigenvalue weighted by Gasteiger charge is 2.14. The number of benzene rings is 2. The van der Waals surface area contributed by atoms with Crippen LogP contribution in [0.15, 0.2) is 50.9 Å². The van der Waals surface area contributed by atoms with E-state index in [1.807, 2.05) is 31.2 Å². The number of anilines is 1. The number of halogens is 2. The number of terminal acetylenes is 1. The molecule has 0 bridgehead atoms. The monoisotopic (exact) mass is 472 g/mol. The van der Waals surface area contributed by atoms with Crippen molar-refractivity contribution in [1.29, 1.82) is 5.26 Å². The van der Waals surface area contributed by atoms with E-state index in [1.165, 1.54) is 6.08 Å². The summed E-state index contributed by atoms with van der Waals surface area (Å²) in [5, 5.41) is 12.1. The summed E-state index contributed by atoms with van der Waals surface area (Å²) in [5.41, 5.74) is 2.13. The highest BCUT2D eigenvalue weighted by atomic mass is 79.9. The van der Waals surface area contributed by atoms with Gasteiger partial charge in [0.15, 0.2) is 0 Å². The van der Waals surface area contributed by atoms with Gasteiger partial charge in [-0.2, -0.15) is 5.26 Å². The van der Waals surface area contributed by atoms with Crippen molar-refractivity contribution in [2.24, 2.45) is 0 Å². The van der Waals surface area contributed by atoms with Crippen molar-refractivity contribution in [3.05, 3.63) is 62.0 Å². The Kier molecular flexibility index (Phi) is 7.03. The van der Waals surface area contributed by atoms with Crippen LogP contribution in [0.25, 0.3) is 6.08 Å². The smallest absolute Gasteiger partial charge is 0.266 e. The highest BCUT2D eigenvalue weighted by molar-refractivity contribution is 9.11. The lowest BCUT2D eigenvalue weighted by molar-refractivity contribution is -0.112. The van der Waals surface area contributed by atoms with E-state index in [0.29, 0.717) is 21.5 Å². The molecule has 1 amide bonds. The van der Waals surface area contributed by atoms with Crippen LogP contribution in [-0.2, 0) is 4.79 Å². The summed E-state index contributed by atoms with van der Waals surface area (Å²) in [5.74, 6) is 2.35. The number of carbonyl (C=O) groups excluding carboxylic acids is 1. The van der Waals surface area contributed by atoms with Gasteiger partial charge in [0.05, 0.1) is 4.47 Å². The van der Waals surface area contributed by atoms with Crippen LogP contribution in [0, 0.1) is 30.6 Å². The zero-order valence-electron chi connectivity index (χ0n) is 13.8. The number of nitrogens with one attached hydrogen (secondary N) is 1. The molecular weight excluding hydrogens is 460 g/mol. The third kappa shape index (κ3) is 5.23. The second-order valence-electron chi connectivity index (χ2n) is 5.29. The standard InChI is InChI=1S/C20H14Br2N2O2/c1-3-7-26-19-14(10-16(21)11-18(19)22)9-15(12-23)20(25)24-17-6-4-5-13(2)8-17/h1,4-6,8-11H,7H2,2H3,(H,24,25)/b15-9+. The Labute approximate surface area is 169 Å². The fourth-order valence-corrected chi connectivity index (χ4v) is 3.55. The lowest BCUT2D eigenvalue weighted by Gasteiger charge is -2.11. The Morgan fingerprint density at radius 3 is 2.77 bits per heavy atom. The molecule has 0 fully saturated rings. The van der Waals surface area contributed by atoms with E-state index in [9.17, 15) is 10.1 Å². The second kappa shape index (κ2) is 9.24. The molecule has 0 radical (unpaired) electrons. The molecule has 4 nitrogen and oxygen atoms in total. The largest absolute Gasteiger partial charge is 0.479 e. The molecule has 0 aromatic heterocycles. The first kappa shape index (κ1) is 19.8. The Morgan fingerprint density at radius 2 is 2.12 bits per heavy atom. The minimum atomic E-state index is -0.503. The minimum absolute atomic E-state index is 0.0536. The zero-order chi connectivity index (χ0) is 19.1. The summed E-state index contributed by atoms with van der Waals surface area (Å²) in [6.45, 7) is 1.99. The number of carbonyl (C=O) groups is 1. The normalized spacial score (nSPS) is 10.6. The number of ether oxygens (including phenoxy) is 1. The van der Waals surface area contributed by atoms with Gasteiger partial charge in [-0.05, 0) is 58.8 Å². The Balaban J connectivity index is 2.37. The van der Waals surface area contributed by atoms with Crippen molar-refractivity contribution in [3.63, 3.8) is 0 Å². The third-order valence-electron chi connectivity index (χ3n) is 3.28. The van der Waals surface area contributed by atoms with Gasteiger partial charge in [0.1, 0.15) is 24.0 Å². The SMILES string of the molecule is C#CCOc1c(Br)cc(Br)cc1/C=C(\C#N)C(=O)Nc1cccc(C)c1. The van der Waals surface area contributed by atoms with Crippen molar-refractivity contribution in [2.75, 3.05) is 11.9 Å². The number of rotatable bonds is 5. The van der Waals surface area contributed by atoms with Crippen LogP contribution >= 0.6 is 31.9 Å². The molecule has 0 saturated heterocycles. The van der Waals surface area contributed by atoms with E-state index >= 15 is 0 Å². The first-order valence-corrected chi connectivity index (χ1v) is 9.08. The summed E-state index contributed by atoms with van der Waals surface area (Å²) in [6, 6.07) is 12.8. The highest BCUT2D eigenvalue weighted by Crippen LogP contribution is 2.34. The predicted octanol–water partition coefficient (Wildman–Crippen LogP) is 5.08. The van der Waals surface area contributed by atoms with Gasteiger partial charge in [-0.3, -0.25) is 4.79 Å². The fraction of sp³-hybridized carbons (Fsp3) is 0.100. The molecule has 0 saturated carbocycles. The number of amides is 1. The van der Waals surface area contributed by atoms with E-state index < -0.39 is 5.91 Å². The van der Waals surface area contributed by atoms with Crippen molar-refractivity contribution in [1.82, 2.24) is 0 Å². The molecule has 0 spiro atoms.